The molecule has 0 aromatic heterocycles. The first-order valence-electron chi connectivity index (χ1n) is 9.55. The highest BCUT2D eigenvalue weighted by molar-refractivity contribution is 5.94. The van der Waals surface area contributed by atoms with Gasteiger partial charge in [-0.25, -0.2) is 0 Å². The highest BCUT2D eigenvalue weighted by Crippen LogP contribution is 2.39. The van der Waals surface area contributed by atoms with E-state index in [1.165, 1.54) is 12.1 Å². The number of nitrogens with two attached hydrogens (primary N) is 1. The largest absolute Gasteiger partial charge is 0.491 e. The molecule has 1 saturated carbocycles. The van der Waals surface area contributed by atoms with Gasteiger partial charge in [0, 0.05) is 24.7 Å². The van der Waals surface area contributed by atoms with Gasteiger partial charge in [-0.15, -0.1) is 26.3 Å². The van der Waals surface area contributed by atoms with Crippen LogP contribution in [0.4, 0.5) is 32.0 Å². The Bertz CT molecular complexity index is 895. The number of halogens is 6. The number of alkyl halides is 6. The van der Waals surface area contributed by atoms with Gasteiger partial charge in [0.05, 0.1) is 5.69 Å². The van der Waals surface area contributed by atoms with Gasteiger partial charge in [0.2, 0.25) is 0 Å². The van der Waals surface area contributed by atoms with Gasteiger partial charge in [-0.05, 0) is 54.7 Å². The molecule has 2 aromatic rings. The topological polar surface area (TPSA) is 49.6 Å². The Morgan fingerprint density at radius 2 is 1.35 bits per heavy atom. The minimum absolute atomic E-state index is 0.0694. The molecule has 0 heterocycles. The highest BCUT2D eigenvalue weighted by Gasteiger charge is 2.53. The smallest absolute Gasteiger partial charge is 0.339 e. The molecule has 2 atom stereocenters. The Morgan fingerprint density at radius 1 is 0.871 bits per heavy atom. The SMILES string of the molecule is CN(C(=O)c1ccc(-c2ccc(N(C(F)(F)F)C(F)(F)F)cc2)cc1)[C@@H]1CC[C@H](N)C1. The van der Waals surface area contributed by atoms with E-state index in [-0.39, 0.29) is 18.0 Å². The maximum absolute atomic E-state index is 12.8. The predicted octanol–water partition coefficient (Wildman–Crippen LogP) is 5.15. The predicted molar refractivity (Wildman–Crippen MR) is 104 cm³/mol. The summed E-state index contributed by atoms with van der Waals surface area (Å²) in [7, 11) is 1.71. The number of amides is 1. The Morgan fingerprint density at radius 3 is 1.77 bits per heavy atom. The van der Waals surface area contributed by atoms with Crippen molar-refractivity contribution in [3.8, 4) is 11.1 Å². The average molecular weight is 445 g/mol. The van der Waals surface area contributed by atoms with Crippen molar-refractivity contribution in [1.82, 2.24) is 4.90 Å². The van der Waals surface area contributed by atoms with Gasteiger partial charge in [-0.2, -0.15) is 4.90 Å². The van der Waals surface area contributed by atoms with E-state index >= 15 is 0 Å². The average Bonchev–Trinajstić information content (AvgIpc) is 3.12. The van der Waals surface area contributed by atoms with E-state index in [0.717, 1.165) is 31.4 Å². The number of anilines is 1. The minimum Gasteiger partial charge on any atom is -0.339 e. The molecule has 168 valence electrons. The summed E-state index contributed by atoms with van der Waals surface area (Å²) in [5.41, 5.74) is 6.27. The van der Waals surface area contributed by atoms with Gasteiger partial charge in [-0.1, -0.05) is 24.3 Å². The van der Waals surface area contributed by atoms with Crippen LogP contribution in [0.15, 0.2) is 48.5 Å². The second-order valence-corrected chi connectivity index (χ2v) is 7.54. The van der Waals surface area contributed by atoms with Gasteiger partial charge in [0.25, 0.3) is 5.91 Å². The van der Waals surface area contributed by atoms with Crippen LogP contribution in [-0.4, -0.2) is 42.5 Å². The molecule has 0 unspecified atom stereocenters. The van der Waals surface area contributed by atoms with Crippen molar-refractivity contribution < 1.29 is 31.1 Å². The molecule has 1 amide bonds. The van der Waals surface area contributed by atoms with E-state index < -0.39 is 23.2 Å². The molecule has 10 heteroatoms. The van der Waals surface area contributed by atoms with Gasteiger partial charge in [-0.3, -0.25) is 4.79 Å². The summed E-state index contributed by atoms with van der Waals surface area (Å²) in [6.07, 6.45) is -8.77. The Labute approximate surface area is 175 Å². The molecule has 0 saturated heterocycles. The fourth-order valence-electron chi connectivity index (χ4n) is 3.76. The lowest BCUT2D eigenvalue weighted by atomic mass is 10.0. The summed E-state index contributed by atoms with van der Waals surface area (Å²) in [5, 5.41) is 0. The molecule has 0 aliphatic heterocycles. The second kappa shape index (κ2) is 8.41. The number of hydrogen-bond acceptors (Lipinski definition) is 3. The zero-order valence-electron chi connectivity index (χ0n) is 16.5. The lowest BCUT2D eigenvalue weighted by Crippen LogP contribution is -2.48. The maximum Gasteiger partial charge on any atom is 0.491 e. The number of rotatable bonds is 4. The summed E-state index contributed by atoms with van der Waals surface area (Å²) in [6.45, 7) is 0. The van der Waals surface area contributed by atoms with Crippen molar-refractivity contribution in [3.63, 3.8) is 0 Å². The lowest BCUT2D eigenvalue weighted by molar-refractivity contribution is -0.226. The van der Waals surface area contributed by atoms with E-state index in [2.05, 4.69) is 0 Å². The van der Waals surface area contributed by atoms with Crippen LogP contribution in [0.25, 0.3) is 11.1 Å². The van der Waals surface area contributed by atoms with Crippen molar-refractivity contribution >= 4 is 11.6 Å². The first-order valence-corrected chi connectivity index (χ1v) is 9.55. The van der Waals surface area contributed by atoms with E-state index in [9.17, 15) is 31.1 Å². The number of benzene rings is 2. The Hall–Kier alpha value is -2.75. The zero-order valence-corrected chi connectivity index (χ0v) is 16.5. The van der Waals surface area contributed by atoms with Crippen LogP contribution in [0.5, 0.6) is 0 Å². The van der Waals surface area contributed by atoms with E-state index in [1.54, 1.807) is 36.2 Å². The normalized spacial score (nSPS) is 19.4. The molecule has 1 fully saturated rings. The van der Waals surface area contributed by atoms with Crippen molar-refractivity contribution in [2.24, 2.45) is 5.73 Å². The fourth-order valence-corrected chi connectivity index (χ4v) is 3.76. The Kier molecular flexibility index (Phi) is 6.22. The number of carbonyl (C=O) groups excluding carboxylic acids is 1. The van der Waals surface area contributed by atoms with Crippen LogP contribution in [0.2, 0.25) is 0 Å². The third-order valence-corrected chi connectivity index (χ3v) is 5.41. The second-order valence-electron chi connectivity index (χ2n) is 7.54. The molecule has 0 spiro atoms. The molecule has 2 N–H and O–H groups in total. The summed E-state index contributed by atoms with van der Waals surface area (Å²) in [5.74, 6) is -0.174. The molecular weight excluding hydrogens is 424 g/mol. The molecular formula is C21H21F6N3O. The van der Waals surface area contributed by atoms with Crippen LogP contribution in [-0.2, 0) is 0 Å². The van der Waals surface area contributed by atoms with Crippen LogP contribution in [0.1, 0.15) is 29.6 Å². The first kappa shape index (κ1) is 22.9. The number of nitrogens with zero attached hydrogens (tertiary/aromatic N) is 2. The standard InChI is InChI=1S/C21H21F6N3O/c1-29(18-11-8-16(28)12-18)19(31)15-4-2-13(3-5-15)14-6-9-17(10-7-14)30(20(22,23)24)21(25,26)27/h2-7,9-10,16,18H,8,11-12,28H2,1H3/t16-,18+/m0/s1. The van der Waals surface area contributed by atoms with Crippen LogP contribution >= 0.6 is 0 Å². The van der Waals surface area contributed by atoms with E-state index in [0.29, 0.717) is 16.7 Å². The highest BCUT2D eigenvalue weighted by atomic mass is 19.4. The molecule has 0 bridgehead atoms. The molecule has 1 aliphatic rings. The van der Waals surface area contributed by atoms with Crippen molar-refractivity contribution in [2.45, 2.75) is 43.9 Å². The summed E-state index contributed by atoms with van der Waals surface area (Å²) in [4.78, 5) is 12.8. The van der Waals surface area contributed by atoms with Crippen molar-refractivity contribution in [3.05, 3.63) is 54.1 Å². The van der Waals surface area contributed by atoms with Crippen LogP contribution < -0.4 is 10.6 Å². The van der Waals surface area contributed by atoms with Gasteiger partial charge in [0.15, 0.2) is 0 Å². The minimum atomic E-state index is -5.60. The van der Waals surface area contributed by atoms with E-state index in [4.69, 9.17) is 5.73 Å². The summed E-state index contributed by atoms with van der Waals surface area (Å²) >= 11 is 0. The third-order valence-electron chi connectivity index (χ3n) is 5.41. The lowest BCUT2D eigenvalue weighted by Gasteiger charge is -2.28. The molecule has 0 radical (unpaired) electrons. The van der Waals surface area contributed by atoms with Gasteiger partial charge < -0.3 is 10.6 Å². The quantitative estimate of drug-likeness (QED) is 0.523. The van der Waals surface area contributed by atoms with Crippen molar-refractivity contribution in [1.29, 1.82) is 0 Å². The zero-order chi connectivity index (χ0) is 23.0. The monoisotopic (exact) mass is 445 g/mol. The molecule has 1 aliphatic carbocycles. The van der Waals surface area contributed by atoms with Crippen LogP contribution in [0.3, 0.4) is 0 Å². The third kappa shape index (κ3) is 5.12. The van der Waals surface area contributed by atoms with Crippen molar-refractivity contribution in [2.75, 3.05) is 11.9 Å². The maximum atomic E-state index is 12.8. The summed E-state index contributed by atoms with van der Waals surface area (Å²) in [6, 6.07) is 10.4. The van der Waals surface area contributed by atoms with Gasteiger partial charge in [0.1, 0.15) is 0 Å². The molecule has 31 heavy (non-hydrogen) atoms. The molecule has 4 nitrogen and oxygen atoms in total. The van der Waals surface area contributed by atoms with Crippen LogP contribution in [0, 0.1) is 0 Å². The molecule has 2 aromatic carbocycles. The van der Waals surface area contributed by atoms with E-state index in [1.807, 2.05) is 0 Å². The number of carbonyl (C=O) groups is 1. The summed E-state index contributed by atoms with van der Waals surface area (Å²) < 4.78 is 76.8. The first-order chi connectivity index (χ1) is 14.4. The fraction of sp³-hybridized carbons (Fsp3) is 0.381. The number of hydrogen-bond donors (Lipinski definition) is 1. The molecule has 3 rings (SSSR count). The Balaban J connectivity index is 1.76. The van der Waals surface area contributed by atoms with Gasteiger partial charge >= 0.3 is 12.6 Å².